The molecule has 2 N–H and O–H groups in total. The highest BCUT2D eigenvalue weighted by Crippen LogP contribution is 2.31. The molecule has 1 aliphatic rings. The van der Waals surface area contributed by atoms with Crippen LogP contribution in [0.5, 0.6) is 5.75 Å². The van der Waals surface area contributed by atoms with Crippen molar-refractivity contribution in [3.8, 4) is 5.75 Å². The second kappa shape index (κ2) is 6.70. The van der Waals surface area contributed by atoms with E-state index in [-0.39, 0.29) is 18.1 Å². The molecular weight excluding hydrogens is 260 g/mol. The molecule has 0 aromatic heterocycles. The van der Waals surface area contributed by atoms with E-state index in [0.717, 1.165) is 23.5 Å². The van der Waals surface area contributed by atoms with Crippen molar-refractivity contribution in [3.63, 3.8) is 0 Å². The fourth-order valence-corrected chi connectivity index (χ4v) is 2.66. The summed E-state index contributed by atoms with van der Waals surface area (Å²) in [5.74, 6) is 1.92. The molecule has 2 rings (SSSR count). The van der Waals surface area contributed by atoms with E-state index in [0.29, 0.717) is 6.61 Å². The quantitative estimate of drug-likeness (QED) is 0.871. The summed E-state index contributed by atoms with van der Waals surface area (Å²) in [6.45, 7) is 2.53. The van der Waals surface area contributed by atoms with Crippen LogP contribution in [0.2, 0.25) is 0 Å². The highest BCUT2D eigenvalue weighted by molar-refractivity contribution is 7.98. The lowest BCUT2D eigenvalue weighted by Gasteiger charge is -2.17. The first-order valence-electron chi connectivity index (χ1n) is 6.48. The number of rotatable bonds is 5. The minimum atomic E-state index is -0.126. The molecule has 19 heavy (non-hydrogen) atoms. The standard InChI is InChI=1S/C14H20N2O2S/c1-10(7-8-19-2)15-14(17)16-12-9-18-13-6-4-3-5-11(12)13/h3-6,10,12H,7-9H2,1-2H3,(H2,15,16,17)/t10-,12+/m1/s1. The van der Waals surface area contributed by atoms with Gasteiger partial charge in [0.05, 0.1) is 6.04 Å². The van der Waals surface area contributed by atoms with Crippen molar-refractivity contribution in [1.29, 1.82) is 0 Å². The maximum Gasteiger partial charge on any atom is 0.315 e. The number of urea groups is 1. The molecule has 0 saturated heterocycles. The van der Waals surface area contributed by atoms with Gasteiger partial charge in [-0.05, 0) is 31.4 Å². The van der Waals surface area contributed by atoms with E-state index >= 15 is 0 Å². The predicted octanol–water partition coefficient (Wildman–Crippen LogP) is 2.56. The Hall–Kier alpha value is -1.36. The monoisotopic (exact) mass is 280 g/mol. The summed E-state index contributed by atoms with van der Waals surface area (Å²) in [7, 11) is 0. The van der Waals surface area contributed by atoms with E-state index in [1.54, 1.807) is 11.8 Å². The number of benzene rings is 1. The average Bonchev–Trinajstić information content (AvgIpc) is 2.80. The van der Waals surface area contributed by atoms with Crippen LogP contribution in [-0.2, 0) is 0 Å². The molecule has 0 saturated carbocycles. The molecule has 0 radical (unpaired) electrons. The first kappa shape index (κ1) is 14.1. The number of nitrogens with one attached hydrogen (secondary N) is 2. The van der Waals surface area contributed by atoms with Gasteiger partial charge in [0.25, 0.3) is 0 Å². The van der Waals surface area contributed by atoms with Gasteiger partial charge in [0.15, 0.2) is 0 Å². The van der Waals surface area contributed by atoms with E-state index in [4.69, 9.17) is 4.74 Å². The van der Waals surface area contributed by atoms with Gasteiger partial charge in [0, 0.05) is 11.6 Å². The SMILES string of the molecule is CSCC[C@@H](C)NC(=O)N[C@H]1COc2ccccc21. The van der Waals surface area contributed by atoms with Gasteiger partial charge in [-0.1, -0.05) is 18.2 Å². The molecule has 0 fully saturated rings. The molecule has 4 nitrogen and oxygen atoms in total. The summed E-state index contributed by atoms with van der Waals surface area (Å²) < 4.78 is 5.54. The van der Waals surface area contributed by atoms with Crippen LogP contribution >= 0.6 is 11.8 Å². The van der Waals surface area contributed by atoms with Crippen LogP contribution in [0.15, 0.2) is 24.3 Å². The first-order valence-corrected chi connectivity index (χ1v) is 7.87. The molecule has 2 atom stereocenters. The first-order chi connectivity index (χ1) is 9.20. The van der Waals surface area contributed by atoms with Crippen molar-refractivity contribution < 1.29 is 9.53 Å². The molecule has 2 amide bonds. The second-order valence-corrected chi connectivity index (χ2v) is 5.69. The molecule has 0 spiro atoms. The third-order valence-electron chi connectivity index (χ3n) is 3.14. The van der Waals surface area contributed by atoms with Crippen LogP contribution in [0, 0.1) is 0 Å². The Kier molecular flexibility index (Phi) is 4.96. The maximum atomic E-state index is 11.9. The highest BCUT2D eigenvalue weighted by Gasteiger charge is 2.25. The van der Waals surface area contributed by atoms with Gasteiger partial charge in [-0.25, -0.2) is 4.79 Å². The topological polar surface area (TPSA) is 50.4 Å². The van der Waals surface area contributed by atoms with E-state index in [1.807, 2.05) is 31.2 Å². The van der Waals surface area contributed by atoms with E-state index in [2.05, 4.69) is 16.9 Å². The fraction of sp³-hybridized carbons (Fsp3) is 0.500. The van der Waals surface area contributed by atoms with E-state index in [9.17, 15) is 4.79 Å². The molecule has 0 unspecified atom stereocenters. The smallest absolute Gasteiger partial charge is 0.315 e. The van der Waals surface area contributed by atoms with Gasteiger partial charge < -0.3 is 15.4 Å². The number of para-hydroxylation sites is 1. The Balaban J connectivity index is 1.84. The van der Waals surface area contributed by atoms with Crippen molar-refractivity contribution in [3.05, 3.63) is 29.8 Å². The van der Waals surface area contributed by atoms with Gasteiger partial charge in [0.1, 0.15) is 12.4 Å². The summed E-state index contributed by atoms with van der Waals surface area (Å²) in [5, 5.41) is 5.91. The summed E-state index contributed by atoms with van der Waals surface area (Å²) in [4.78, 5) is 11.9. The largest absolute Gasteiger partial charge is 0.491 e. The van der Waals surface area contributed by atoms with Crippen molar-refractivity contribution >= 4 is 17.8 Å². The Morgan fingerprint density at radius 2 is 2.32 bits per heavy atom. The zero-order valence-electron chi connectivity index (χ0n) is 11.3. The Morgan fingerprint density at radius 3 is 3.11 bits per heavy atom. The minimum Gasteiger partial charge on any atom is -0.491 e. The molecule has 0 aliphatic carbocycles. The zero-order chi connectivity index (χ0) is 13.7. The van der Waals surface area contributed by atoms with Crippen LogP contribution in [0.4, 0.5) is 4.79 Å². The summed E-state index contributed by atoms with van der Waals surface area (Å²) in [5.41, 5.74) is 1.05. The van der Waals surface area contributed by atoms with Crippen molar-refractivity contribution in [2.75, 3.05) is 18.6 Å². The molecule has 104 valence electrons. The lowest BCUT2D eigenvalue weighted by atomic mass is 10.1. The van der Waals surface area contributed by atoms with Crippen LogP contribution in [0.1, 0.15) is 24.9 Å². The molecule has 0 bridgehead atoms. The normalized spacial score (nSPS) is 18.3. The second-order valence-electron chi connectivity index (χ2n) is 4.70. The molecule has 1 aliphatic heterocycles. The molecule has 5 heteroatoms. The lowest BCUT2D eigenvalue weighted by Crippen LogP contribution is -2.42. The van der Waals surface area contributed by atoms with E-state index in [1.165, 1.54) is 0 Å². The van der Waals surface area contributed by atoms with Crippen molar-refractivity contribution in [2.24, 2.45) is 0 Å². The third kappa shape index (κ3) is 3.80. The molecule has 1 heterocycles. The zero-order valence-corrected chi connectivity index (χ0v) is 12.1. The minimum absolute atomic E-state index is 0.0519. The van der Waals surface area contributed by atoms with Gasteiger partial charge in [-0.3, -0.25) is 0 Å². The van der Waals surface area contributed by atoms with Crippen molar-refractivity contribution in [2.45, 2.75) is 25.4 Å². The van der Waals surface area contributed by atoms with Gasteiger partial charge >= 0.3 is 6.03 Å². The van der Waals surface area contributed by atoms with Crippen LogP contribution in [0.25, 0.3) is 0 Å². The van der Waals surface area contributed by atoms with Crippen LogP contribution < -0.4 is 15.4 Å². The number of ether oxygens (including phenoxy) is 1. The number of fused-ring (bicyclic) bond motifs is 1. The number of carbonyl (C=O) groups is 1. The molecule has 1 aromatic carbocycles. The third-order valence-corrected chi connectivity index (χ3v) is 3.78. The number of amides is 2. The lowest BCUT2D eigenvalue weighted by molar-refractivity contribution is 0.229. The maximum absolute atomic E-state index is 11.9. The fourth-order valence-electron chi connectivity index (χ4n) is 2.07. The summed E-state index contributed by atoms with van der Waals surface area (Å²) in [6, 6.07) is 7.82. The Morgan fingerprint density at radius 1 is 1.53 bits per heavy atom. The predicted molar refractivity (Wildman–Crippen MR) is 78.8 cm³/mol. The number of hydrogen-bond donors (Lipinski definition) is 2. The van der Waals surface area contributed by atoms with Crippen LogP contribution in [0.3, 0.4) is 0 Å². The average molecular weight is 280 g/mol. The number of thioether (sulfide) groups is 1. The van der Waals surface area contributed by atoms with Crippen molar-refractivity contribution in [1.82, 2.24) is 10.6 Å². The molecule has 1 aromatic rings. The van der Waals surface area contributed by atoms with Gasteiger partial charge in [0.2, 0.25) is 0 Å². The Bertz CT molecular complexity index is 439. The van der Waals surface area contributed by atoms with Gasteiger partial charge in [-0.2, -0.15) is 11.8 Å². The summed E-state index contributed by atoms with van der Waals surface area (Å²) >= 11 is 1.79. The van der Waals surface area contributed by atoms with Gasteiger partial charge in [-0.15, -0.1) is 0 Å². The number of hydrogen-bond acceptors (Lipinski definition) is 3. The molecular formula is C14H20N2O2S. The van der Waals surface area contributed by atoms with Crippen LogP contribution in [-0.4, -0.2) is 30.7 Å². The van der Waals surface area contributed by atoms with E-state index < -0.39 is 0 Å². The summed E-state index contributed by atoms with van der Waals surface area (Å²) in [6.07, 6.45) is 3.05. The highest BCUT2D eigenvalue weighted by atomic mass is 32.2. The number of carbonyl (C=O) groups excluding carboxylic acids is 1. The Labute approximate surface area is 118 Å².